The summed E-state index contributed by atoms with van der Waals surface area (Å²) in [6.07, 6.45) is 0.216. The van der Waals surface area contributed by atoms with Gasteiger partial charge in [0.05, 0.1) is 18.4 Å². The first-order valence-corrected chi connectivity index (χ1v) is 5.93. The number of aliphatic hydroxyl groups excluding tert-OH is 2. The Bertz CT molecular complexity index is 349. The maximum Gasteiger partial charge on any atom is 0.146 e. The standard InChI is InChI=1S/C13H20FNO2/c1-3-6-15(7-8-16)13-5-4-11(10(2)17)9-12(13)14/h4-5,9-10,16-17H,3,6-8H2,1-2H3/t10-/m0/s1. The lowest BCUT2D eigenvalue weighted by Gasteiger charge is -2.24. The van der Waals surface area contributed by atoms with Gasteiger partial charge in [0.15, 0.2) is 0 Å². The fraction of sp³-hybridized carbons (Fsp3) is 0.538. The third kappa shape index (κ3) is 3.68. The quantitative estimate of drug-likeness (QED) is 0.801. The van der Waals surface area contributed by atoms with E-state index in [2.05, 4.69) is 0 Å². The van der Waals surface area contributed by atoms with Crippen molar-refractivity contribution in [2.75, 3.05) is 24.6 Å². The average Bonchev–Trinajstić information content (AvgIpc) is 2.28. The number of nitrogens with zero attached hydrogens (tertiary/aromatic N) is 1. The average molecular weight is 241 g/mol. The van der Waals surface area contributed by atoms with Crippen LogP contribution in [0.2, 0.25) is 0 Å². The summed E-state index contributed by atoms with van der Waals surface area (Å²) < 4.78 is 13.9. The van der Waals surface area contributed by atoms with Crippen molar-refractivity contribution < 1.29 is 14.6 Å². The van der Waals surface area contributed by atoms with Crippen LogP contribution in [0.5, 0.6) is 0 Å². The summed E-state index contributed by atoms with van der Waals surface area (Å²) in [5.41, 5.74) is 1.04. The smallest absolute Gasteiger partial charge is 0.146 e. The molecule has 1 atom stereocenters. The summed E-state index contributed by atoms with van der Waals surface area (Å²) in [5.74, 6) is -0.356. The van der Waals surface area contributed by atoms with Gasteiger partial charge in [-0.3, -0.25) is 0 Å². The predicted octanol–water partition coefficient (Wildman–Crippen LogP) is 2.09. The van der Waals surface area contributed by atoms with Gasteiger partial charge in [0.25, 0.3) is 0 Å². The van der Waals surface area contributed by atoms with Crippen LogP contribution in [0, 0.1) is 5.82 Å². The molecule has 0 amide bonds. The Morgan fingerprint density at radius 3 is 2.53 bits per heavy atom. The Morgan fingerprint density at radius 1 is 1.35 bits per heavy atom. The molecule has 96 valence electrons. The molecule has 1 rings (SSSR count). The van der Waals surface area contributed by atoms with E-state index in [0.717, 1.165) is 6.42 Å². The summed E-state index contributed by atoms with van der Waals surface area (Å²) in [6, 6.07) is 4.71. The van der Waals surface area contributed by atoms with Gasteiger partial charge >= 0.3 is 0 Å². The highest BCUT2D eigenvalue weighted by Gasteiger charge is 2.12. The van der Waals surface area contributed by atoms with Crippen LogP contribution in [0.4, 0.5) is 10.1 Å². The number of benzene rings is 1. The van der Waals surface area contributed by atoms with Crippen LogP contribution in [-0.2, 0) is 0 Å². The van der Waals surface area contributed by atoms with Crippen molar-refractivity contribution in [2.45, 2.75) is 26.4 Å². The summed E-state index contributed by atoms with van der Waals surface area (Å²) in [5, 5.41) is 18.3. The highest BCUT2D eigenvalue weighted by atomic mass is 19.1. The molecule has 0 spiro atoms. The minimum atomic E-state index is -0.670. The van der Waals surface area contributed by atoms with E-state index in [4.69, 9.17) is 5.11 Å². The van der Waals surface area contributed by atoms with Crippen LogP contribution in [0.3, 0.4) is 0 Å². The van der Waals surface area contributed by atoms with E-state index >= 15 is 0 Å². The highest BCUT2D eigenvalue weighted by molar-refractivity contribution is 5.49. The van der Waals surface area contributed by atoms with Crippen molar-refractivity contribution in [2.24, 2.45) is 0 Å². The Morgan fingerprint density at radius 2 is 2.06 bits per heavy atom. The zero-order valence-electron chi connectivity index (χ0n) is 10.4. The molecule has 3 nitrogen and oxygen atoms in total. The van der Waals surface area contributed by atoms with E-state index in [0.29, 0.717) is 24.3 Å². The molecule has 0 saturated carbocycles. The predicted molar refractivity (Wildman–Crippen MR) is 66.6 cm³/mol. The van der Waals surface area contributed by atoms with Gasteiger partial charge in [-0.05, 0) is 31.0 Å². The van der Waals surface area contributed by atoms with Crippen LogP contribution in [0.25, 0.3) is 0 Å². The summed E-state index contributed by atoms with van der Waals surface area (Å²) >= 11 is 0. The van der Waals surface area contributed by atoms with Crippen LogP contribution in [-0.4, -0.2) is 29.9 Å². The van der Waals surface area contributed by atoms with Crippen LogP contribution < -0.4 is 4.90 Å². The molecule has 0 aliphatic heterocycles. The molecule has 2 N–H and O–H groups in total. The maximum absolute atomic E-state index is 13.9. The monoisotopic (exact) mass is 241 g/mol. The second kappa shape index (κ2) is 6.57. The van der Waals surface area contributed by atoms with Gasteiger partial charge in [-0.25, -0.2) is 4.39 Å². The van der Waals surface area contributed by atoms with Crippen molar-refractivity contribution in [3.8, 4) is 0 Å². The first-order chi connectivity index (χ1) is 8.10. The molecule has 0 fully saturated rings. The molecule has 17 heavy (non-hydrogen) atoms. The second-order valence-corrected chi connectivity index (χ2v) is 4.10. The zero-order chi connectivity index (χ0) is 12.8. The topological polar surface area (TPSA) is 43.7 Å². The first-order valence-electron chi connectivity index (χ1n) is 5.93. The summed E-state index contributed by atoms with van der Waals surface area (Å²) in [7, 11) is 0. The number of aliphatic hydroxyl groups is 2. The Kier molecular flexibility index (Phi) is 5.38. The van der Waals surface area contributed by atoms with E-state index in [1.807, 2.05) is 6.92 Å². The first kappa shape index (κ1) is 13.9. The Balaban J connectivity index is 2.95. The molecule has 0 saturated heterocycles. The molecule has 0 radical (unpaired) electrons. The molecular weight excluding hydrogens is 221 g/mol. The van der Waals surface area contributed by atoms with Crippen LogP contribution in [0.1, 0.15) is 31.9 Å². The van der Waals surface area contributed by atoms with Crippen molar-refractivity contribution in [3.05, 3.63) is 29.6 Å². The molecule has 1 aromatic carbocycles. The number of halogens is 1. The molecule has 1 aromatic rings. The SMILES string of the molecule is CCCN(CCO)c1ccc([C@H](C)O)cc1F. The molecule has 4 heteroatoms. The number of rotatable bonds is 6. The molecule has 0 unspecified atom stereocenters. The highest BCUT2D eigenvalue weighted by Crippen LogP contribution is 2.23. The summed E-state index contributed by atoms with van der Waals surface area (Å²) in [4.78, 5) is 1.81. The molecule has 0 aliphatic carbocycles. The van der Waals surface area contributed by atoms with E-state index in [1.54, 1.807) is 24.0 Å². The second-order valence-electron chi connectivity index (χ2n) is 4.10. The van der Waals surface area contributed by atoms with Gasteiger partial charge in [0, 0.05) is 13.1 Å². The number of hydrogen-bond donors (Lipinski definition) is 2. The third-order valence-corrected chi connectivity index (χ3v) is 2.66. The lowest BCUT2D eigenvalue weighted by Crippen LogP contribution is -2.28. The van der Waals surface area contributed by atoms with Gasteiger partial charge in [-0.2, -0.15) is 0 Å². The van der Waals surface area contributed by atoms with Gasteiger partial charge in [-0.15, -0.1) is 0 Å². The van der Waals surface area contributed by atoms with Crippen molar-refractivity contribution >= 4 is 5.69 Å². The maximum atomic E-state index is 13.9. The van der Waals surface area contributed by atoms with Gasteiger partial charge in [0.1, 0.15) is 5.82 Å². The lowest BCUT2D eigenvalue weighted by molar-refractivity contribution is 0.199. The van der Waals surface area contributed by atoms with Gasteiger partial charge in [0.2, 0.25) is 0 Å². The van der Waals surface area contributed by atoms with Gasteiger partial charge < -0.3 is 15.1 Å². The zero-order valence-corrected chi connectivity index (χ0v) is 10.4. The van der Waals surface area contributed by atoms with Crippen molar-refractivity contribution in [1.82, 2.24) is 0 Å². The van der Waals surface area contributed by atoms with Crippen LogP contribution in [0.15, 0.2) is 18.2 Å². The van der Waals surface area contributed by atoms with E-state index in [-0.39, 0.29) is 12.4 Å². The molecule has 0 aromatic heterocycles. The van der Waals surface area contributed by atoms with E-state index < -0.39 is 6.10 Å². The fourth-order valence-corrected chi connectivity index (χ4v) is 1.78. The molecular formula is C13H20FNO2. The minimum absolute atomic E-state index is 0.00239. The normalized spacial score (nSPS) is 12.5. The van der Waals surface area contributed by atoms with Crippen molar-refractivity contribution in [1.29, 1.82) is 0 Å². The van der Waals surface area contributed by atoms with Crippen LogP contribution >= 0.6 is 0 Å². The Hall–Kier alpha value is -1.13. The molecule has 0 heterocycles. The number of anilines is 1. The molecule has 0 bridgehead atoms. The minimum Gasteiger partial charge on any atom is -0.395 e. The lowest BCUT2D eigenvalue weighted by atomic mass is 10.1. The fourth-order valence-electron chi connectivity index (χ4n) is 1.78. The Labute approximate surface area is 101 Å². The van der Waals surface area contributed by atoms with Gasteiger partial charge in [-0.1, -0.05) is 13.0 Å². The number of hydrogen-bond acceptors (Lipinski definition) is 3. The van der Waals surface area contributed by atoms with Crippen molar-refractivity contribution in [3.63, 3.8) is 0 Å². The third-order valence-electron chi connectivity index (χ3n) is 2.66. The largest absolute Gasteiger partial charge is 0.395 e. The molecule has 0 aliphatic rings. The van der Waals surface area contributed by atoms with E-state index in [9.17, 15) is 9.50 Å². The summed E-state index contributed by atoms with van der Waals surface area (Å²) in [6.45, 7) is 4.72. The van der Waals surface area contributed by atoms with E-state index in [1.165, 1.54) is 6.07 Å².